The fraction of sp³-hybridized carbons (Fsp3) is 0. The van der Waals surface area contributed by atoms with Crippen molar-refractivity contribution in [3.8, 4) is 11.6 Å². The third-order valence-electron chi connectivity index (χ3n) is 2.29. The Balaban J connectivity index is 0.000000408. The minimum atomic E-state index is -1.14. The number of rotatable bonds is 1. The zero-order valence-corrected chi connectivity index (χ0v) is 16.7. The largest absolute Gasteiger partial charge is 0.539 e. The van der Waals surface area contributed by atoms with Crippen LogP contribution >= 0.6 is 16.5 Å². The van der Waals surface area contributed by atoms with Crippen molar-refractivity contribution in [2.45, 2.75) is 0 Å². The molecule has 0 saturated carbocycles. The average Bonchev–Trinajstić information content (AvgIpc) is 2.86. The molecule has 0 aliphatic carbocycles. The summed E-state index contributed by atoms with van der Waals surface area (Å²) in [6, 6.07) is 9.62. The summed E-state index contributed by atoms with van der Waals surface area (Å²) in [5, 5.41) is 15.4. The topological polar surface area (TPSA) is 65.9 Å². The van der Waals surface area contributed by atoms with Gasteiger partial charge in [0.15, 0.2) is 0 Å². The Bertz CT molecular complexity index is 678. The van der Waals surface area contributed by atoms with Gasteiger partial charge in [0.2, 0.25) is 6.20 Å². The SMILES string of the molecule is [Cl][Hg][Cl].[O-]c1c[n+](-c2cnc3ccccc3c2)no1. The number of hydrogen-bond donors (Lipinski definition) is 0. The van der Waals surface area contributed by atoms with Crippen LogP contribution in [0.5, 0.6) is 5.95 Å². The van der Waals surface area contributed by atoms with E-state index in [0.29, 0.717) is 5.69 Å². The van der Waals surface area contributed by atoms with E-state index in [-0.39, 0.29) is 0 Å². The number of fused-ring (bicyclic) bond motifs is 1. The molecule has 5 nitrogen and oxygen atoms in total. The van der Waals surface area contributed by atoms with E-state index in [9.17, 15) is 5.11 Å². The maximum atomic E-state index is 10.9. The molecule has 8 heteroatoms. The van der Waals surface area contributed by atoms with Crippen molar-refractivity contribution >= 4 is 27.4 Å². The van der Waals surface area contributed by atoms with Crippen LogP contribution in [0.2, 0.25) is 0 Å². The third-order valence-corrected chi connectivity index (χ3v) is 2.29. The second kappa shape index (κ2) is 7.02. The van der Waals surface area contributed by atoms with Gasteiger partial charge in [0.05, 0.1) is 10.8 Å². The summed E-state index contributed by atoms with van der Waals surface area (Å²) in [6.07, 6.45) is 2.91. The number of para-hydroxylation sites is 1. The molecule has 0 fully saturated rings. The van der Waals surface area contributed by atoms with Gasteiger partial charge >= 0.3 is 38.6 Å². The summed E-state index contributed by atoms with van der Waals surface area (Å²) in [5.74, 6) is -0.479. The molecular weight excluding hydrogens is 478 g/mol. The van der Waals surface area contributed by atoms with Crippen molar-refractivity contribution in [1.29, 1.82) is 0 Å². The second-order valence-corrected chi connectivity index (χ2v) is 11.3. The average molecular weight is 485 g/mol. The van der Waals surface area contributed by atoms with Crippen molar-refractivity contribution in [2.24, 2.45) is 0 Å². The number of halogens is 2. The molecule has 94 valence electrons. The summed E-state index contributed by atoms with van der Waals surface area (Å²) in [7, 11) is 9.97. The summed E-state index contributed by atoms with van der Waals surface area (Å²) in [6.45, 7) is 0. The van der Waals surface area contributed by atoms with E-state index in [0.717, 1.165) is 10.9 Å². The monoisotopic (exact) mass is 485 g/mol. The molecule has 0 aliphatic heterocycles. The quantitative estimate of drug-likeness (QED) is 0.391. The zero-order chi connectivity index (χ0) is 13.7. The van der Waals surface area contributed by atoms with Crippen LogP contribution in [0, 0.1) is 0 Å². The molecule has 0 aliphatic rings. The van der Waals surface area contributed by atoms with Gasteiger partial charge in [-0.05, 0) is 10.7 Å². The van der Waals surface area contributed by atoms with Gasteiger partial charge in [-0.25, -0.2) is 4.98 Å². The van der Waals surface area contributed by atoms with Crippen molar-refractivity contribution in [3.05, 3.63) is 42.7 Å². The predicted molar refractivity (Wildman–Crippen MR) is 64.5 cm³/mol. The van der Waals surface area contributed by atoms with Gasteiger partial charge in [0.1, 0.15) is 12.1 Å². The van der Waals surface area contributed by atoms with Crippen LogP contribution in [-0.2, 0) is 22.1 Å². The normalized spacial score (nSPS) is 9.58. The van der Waals surface area contributed by atoms with Crippen LogP contribution in [0.15, 0.2) is 47.2 Å². The number of nitrogens with zero attached hydrogens (tertiary/aromatic N) is 3. The molecule has 19 heavy (non-hydrogen) atoms. The Hall–Kier alpha value is -0.915. The Morgan fingerprint density at radius 3 is 2.68 bits per heavy atom. The molecule has 3 aromatic rings. The minimum Gasteiger partial charge on any atom is -0.539 e. The van der Waals surface area contributed by atoms with E-state index in [1.165, 1.54) is 10.9 Å². The zero-order valence-electron chi connectivity index (χ0n) is 9.66. The van der Waals surface area contributed by atoms with Crippen LogP contribution in [-0.4, -0.2) is 10.3 Å². The first-order chi connectivity index (χ1) is 9.24. The van der Waals surface area contributed by atoms with E-state index < -0.39 is 28.1 Å². The maximum Gasteiger partial charge on any atom is 0.258 e. The summed E-state index contributed by atoms with van der Waals surface area (Å²) < 4.78 is 5.82. The first kappa shape index (κ1) is 14.5. The van der Waals surface area contributed by atoms with Crippen molar-refractivity contribution in [2.75, 3.05) is 0 Å². The molecule has 0 N–H and O–H groups in total. The molecule has 0 spiro atoms. The Kier molecular flexibility index (Phi) is 5.36. The van der Waals surface area contributed by atoms with E-state index in [1.54, 1.807) is 6.20 Å². The van der Waals surface area contributed by atoms with Crippen LogP contribution in [0.25, 0.3) is 16.6 Å². The summed E-state index contributed by atoms with van der Waals surface area (Å²) >= 11 is -1.14. The molecule has 2 aromatic heterocycles. The van der Waals surface area contributed by atoms with E-state index in [2.05, 4.69) is 14.8 Å². The Labute approximate surface area is 128 Å². The molecule has 0 radical (unpaired) electrons. The standard InChI is InChI=1S/C11H7N3O2.2ClH.Hg/c15-11-7-14(13-16-11)9-5-8-3-1-2-4-10(8)12-6-9;;;/h1-7H;2*1H;/q;;;+2/p-2. The molecule has 1 aromatic carbocycles. The molecule has 0 atom stereocenters. The van der Waals surface area contributed by atoms with Crippen molar-refractivity contribution in [3.63, 3.8) is 0 Å². The van der Waals surface area contributed by atoms with Crippen LogP contribution in [0.4, 0.5) is 0 Å². The third kappa shape index (κ3) is 3.78. The number of hydrogen-bond acceptors (Lipinski definition) is 4. The van der Waals surface area contributed by atoms with Gasteiger partial charge in [0, 0.05) is 11.5 Å². The summed E-state index contributed by atoms with van der Waals surface area (Å²) in [5.41, 5.74) is 1.60. The van der Waals surface area contributed by atoms with E-state index in [1.807, 2.05) is 30.3 Å². The summed E-state index contributed by atoms with van der Waals surface area (Å²) in [4.78, 5) is 4.26. The fourth-order valence-electron chi connectivity index (χ4n) is 1.54. The van der Waals surface area contributed by atoms with Crippen LogP contribution < -0.4 is 9.79 Å². The Morgan fingerprint density at radius 1 is 1.26 bits per heavy atom. The maximum absolute atomic E-state index is 10.9. The van der Waals surface area contributed by atoms with Crippen molar-refractivity contribution in [1.82, 2.24) is 10.3 Å². The first-order valence-corrected chi connectivity index (χ1v) is 18.8. The molecule has 0 bridgehead atoms. The number of aromatic nitrogens is 3. The second-order valence-electron chi connectivity index (χ2n) is 3.45. The van der Waals surface area contributed by atoms with Gasteiger partial charge in [-0.1, -0.05) is 18.2 Å². The molecule has 2 heterocycles. The molecule has 3 rings (SSSR count). The van der Waals surface area contributed by atoms with Crippen molar-refractivity contribution < 1.29 is 36.4 Å². The predicted octanol–water partition coefficient (Wildman–Crippen LogP) is 1.95. The van der Waals surface area contributed by atoms with Crippen LogP contribution in [0.1, 0.15) is 0 Å². The van der Waals surface area contributed by atoms with Gasteiger partial charge in [-0.15, -0.1) is 0 Å². The number of pyridine rings is 1. The molecule has 0 unspecified atom stereocenters. The smallest absolute Gasteiger partial charge is 0.258 e. The van der Waals surface area contributed by atoms with Gasteiger partial charge in [-0.2, -0.15) is 0 Å². The van der Waals surface area contributed by atoms with Crippen LogP contribution in [0.3, 0.4) is 0 Å². The Morgan fingerprint density at radius 2 is 2.00 bits per heavy atom. The molecule has 0 saturated heterocycles. The van der Waals surface area contributed by atoms with Gasteiger partial charge in [0.25, 0.3) is 5.69 Å². The van der Waals surface area contributed by atoms with E-state index >= 15 is 0 Å². The fourth-order valence-corrected chi connectivity index (χ4v) is 1.54. The number of benzene rings is 1. The molecule has 0 amide bonds. The van der Waals surface area contributed by atoms with Gasteiger partial charge in [-0.3, -0.25) is 0 Å². The van der Waals surface area contributed by atoms with Gasteiger partial charge < -0.3 is 9.63 Å². The molecular formula is C11H7Cl2HgN3O2. The van der Waals surface area contributed by atoms with E-state index in [4.69, 9.17) is 16.5 Å². The minimum absolute atomic E-state index is 0.479. The first-order valence-electron chi connectivity index (χ1n) is 5.27.